The van der Waals surface area contributed by atoms with E-state index in [-0.39, 0.29) is 5.56 Å². The van der Waals surface area contributed by atoms with Crippen molar-refractivity contribution in [3.8, 4) is 0 Å². The highest BCUT2D eigenvalue weighted by molar-refractivity contribution is 5.66. The summed E-state index contributed by atoms with van der Waals surface area (Å²) >= 11 is 0. The smallest absolute Gasteiger partial charge is 0.336 e. The van der Waals surface area contributed by atoms with Gasteiger partial charge in [-0.15, -0.1) is 0 Å². The third-order valence-electron chi connectivity index (χ3n) is 3.83. The second kappa shape index (κ2) is 8.41. The van der Waals surface area contributed by atoms with E-state index in [4.69, 9.17) is 10.2 Å². The van der Waals surface area contributed by atoms with Crippen LogP contribution in [0.4, 0.5) is 8.78 Å². The summed E-state index contributed by atoms with van der Waals surface area (Å²) in [5, 5.41) is 17.5. The standard InChI is InChI=1S/C16H15F2N3O7/c17-10-2-1-9(11(18)7-10)8-21-15(27)19(5-3-12(22)23)14(26)20(16(21)28)6-4-13(24)25/h1-2,7H,3-6,8H2,(H,22,23)(H,24,25). The number of carbonyl (C=O) groups is 2. The second-order valence-corrected chi connectivity index (χ2v) is 5.76. The van der Waals surface area contributed by atoms with Crippen LogP contribution in [0.2, 0.25) is 0 Å². The normalized spacial score (nSPS) is 10.8. The van der Waals surface area contributed by atoms with E-state index in [0.29, 0.717) is 19.8 Å². The van der Waals surface area contributed by atoms with E-state index in [1.807, 2.05) is 0 Å². The molecule has 0 radical (unpaired) electrons. The Balaban J connectivity index is 2.63. The fourth-order valence-corrected chi connectivity index (χ4v) is 2.44. The molecule has 150 valence electrons. The van der Waals surface area contributed by atoms with Gasteiger partial charge in [-0.1, -0.05) is 6.07 Å². The number of benzene rings is 1. The third kappa shape index (κ3) is 4.58. The summed E-state index contributed by atoms with van der Waals surface area (Å²) in [6.07, 6.45) is -1.23. The van der Waals surface area contributed by atoms with Crippen molar-refractivity contribution in [2.24, 2.45) is 0 Å². The number of nitrogens with zero attached hydrogens (tertiary/aromatic N) is 3. The summed E-state index contributed by atoms with van der Waals surface area (Å²) in [6.45, 7) is -1.82. The summed E-state index contributed by atoms with van der Waals surface area (Å²) in [6, 6.07) is 2.46. The number of carboxylic acid groups (broad SMARTS) is 2. The van der Waals surface area contributed by atoms with Crippen molar-refractivity contribution in [2.45, 2.75) is 32.5 Å². The lowest BCUT2D eigenvalue weighted by Gasteiger charge is -2.13. The van der Waals surface area contributed by atoms with Crippen molar-refractivity contribution in [3.63, 3.8) is 0 Å². The minimum atomic E-state index is -1.31. The van der Waals surface area contributed by atoms with Crippen molar-refractivity contribution in [1.82, 2.24) is 13.7 Å². The summed E-state index contributed by atoms with van der Waals surface area (Å²) in [5.41, 5.74) is -3.78. The molecular formula is C16H15F2N3O7. The van der Waals surface area contributed by atoms with Crippen LogP contribution in [0, 0.1) is 11.6 Å². The van der Waals surface area contributed by atoms with Crippen molar-refractivity contribution < 1.29 is 28.6 Å². The highest BCUT2D eigenvalue weighted by atomic mass is 19.1. The Hall–Kier alpha value is -3.57. The Kier molecular flexibility index (Phi) is 6.23. The number of hydrogen-bond donors (Lipinski definition) is 2. The number of aliphatic carboxylic acids is 2. The SMILES string of the molecule is O=C(O)CCn1c(=O)n(CCC(=O)O)c(=O)n(Cc2ccc(F)cc2F)c1=O. The number of rotatable bonds is 8. The van der Waals surface area contributed by atoms with Crippen molar-refractivity contribution in [3.05, 3.63) is 66.8 Å². The van der Waals surface area contributed by atoms with Crippen LogP contribution in [0.25, 0.3) is 0 Å². The van der Waals surface area contributed by atoms with Gasteiger partial charge in [0.1, 0.15) is 11.6 Å². The maximum atomic E-state index is 13.9. The van der Waals surface area contributed by atoms with Crippen LogP contribution in [0.3, 0.4) is 0 Å². The maximum absolute atomic E-state index is 13.9. The highest BCUT2D eigenvalue weighted by Gasteiger charge is 2.18. The van der Waals surface area contributed by atoms with Crippen molar-refractivity contribution >= 4 is 11.9 Å². The Morgan fingerprint density at radius 1 is 0.821 bits per heavy atom. The topological polar surface area (TPSA) is 141 Å². The van der Waals surface area contributed by atoms with E-state index >= 15 is 0 Å². The molecule has 0 atom stereocenters. The van der Waals surface area contributed by atoms with Crippen LogP contribution in [0.15, 0.2) is 32.6 Å². The van der Waals surface area contributed by atoms with E-state index in [0.717, 1.165) is 12.1 Å². The van der Waals surface area contributed by atoms with E-state index in [9.17, 15) is 32.8 Å². The molecule has 12 heteroatoms. The number of hydrogen-bond acceptors (Lipinski definition) is 5. The molecule has 2 rings (SSSR count). The predicted octanol–water partition coefficient (Wildman–Crippen LogP) is -0.552. The van der Waals surface area contributed by atoms with Crippen LogP contribution >= 0.6 is 0 Å². The average molecular weight is 399 g/mol. The maximum Gasteiger partial charge on any atom is 0.336 e. The predicted molar refractivity (Wildman–Crippen MR) is 89.2 cm³/mol. The van der Waals surface area contributed by atoms with Crippen molar-refractivity contribution in [2.75, 3.05) is 0 Å². The lowest BCUT2D eigenvalue weighted by atomic mass is 10.2. The van der Waals surface area contributed by atoms with Crippen LogP contribution in [-0.4, -0.2) is 35.9 Å². The van der Waals surface area contributed by atoms with Crippen LogP contribution in [0.5, 0.6) is 0 Å². The lowest BCUT2D eigenvalue weighted by molar-refractivity contribution is -0.138. The van der Waals surface area contributed by atoms with Crippen LogP contribution < -0.4 is 17.1 Å². The van der Waals surface area contributed by atoms with Gasteiger partial charge in [-0.25, -0.2) is 36.9 Å². The minimum absolute atomic E-state index is 0.228. The molecule has 2 N–H and O–H groups in total. The zero-order valence-corrected chi connectivity index (χ0v) is 14.3. The molecule has 0 aliphatic rings. The minimum Gasteiger partial charge on any atom is -0.481 e. The van der Waals surface area contributed by atoms with Gasteiger partial charge >= 0.3 is 29.0 Å². The molecule has 2 aromatic rings. The largest absolute Gasteiger partial charge is 0.481 e. The average Bonchev–Trinajstić information content (AvgIpc) is 2.59. The Bertz CT molecular complexity index is 1040. The first-order valence-electron chi connectivity index (χ1n) is 7.93. The van der Waals surface area contributed by atoms with Gasteiger partial charge in [0.05, 0.1) is 19.4 Å². The molecule has 28 heavy (non-hydrogen) atoms. The Morgan fingerprint density at radius 3 is 1.71 bits per heavy atom. The third-order valence-corrected chi connectivity index (χ3v) is 3.83. The molecule has 1 aromatic carbocycles. The van der Waals surface area contributed by atoms with Gasteiger partial charge in [0.25, 0.3) is 0 Å². The van der Waals surface area contributed by atoms with E-state index in [1.165, 1.54) is 0 Å². The van der Waals surface area contributed by atoms with Gasteiger partial charge in [0, 0.05) is 24.7 Å². The molecule has 0 aliphatic carbocycles. The Morgan fingerprint density at radius 2 is 1.29 bits per heavy atom. The van der Waals surface area contributed by atoms with Crippen LogP contribution in [-0.2, 0) is 29.2 Å². The summed E-state index contributed by atoms with van der Waals surface area (Å²) in [7, 11) is 0. The van der Waals surface area contributed by atoms with E-state index < -0.39 is 73.1 Å². The summed E-state index contributed by atoms with van der Waals surface area (Å²) in [5.74, 6) is -4.54. The molecule has 0 fully saturated rings. The monoisotopic (exact) mass is 399 g/mol. The number of carboxylic acids is 2. The Labute approximate surface area is 154 Å². The molecule has 0 unspecified atom stereocenters. The fourth-order valence-electron chi connectivity index (χ4n) is 2.44. The highest BCUT2D eigenvalue weighted by Crippen LogP contribution is 2.09. The summed E-state index contributed by atoms with van der Waals surface area (Å²) < 4.78 is 28.3. The van der Waals surface area contributed by atoms with E-state index in [2.05, 4.69) is 0 Å². The molecule has 1 heterocycles. The molecule has 0 aliphatic heterocycles. The van der Waals surface area contributed by atoms with Gasteiger partial charge in [-0.05, 0) is 6.07 Å². The first kappa shape index (κ1) is 20.7. The molecular weight excluding hydrogens is 384 g/mol. The van der Waals surface area contributed by atoms with Gasteiger partial charge in [0.15, 0.2) is 0 Å². The molecule has 1 aromatic heterocycles. The van der Waals surface area contributed by atoms with Gasteiger partial charge < -0.3 is 10.2 Å². The fraction of sp³-hybridized carbons (Fsp3) is 0.312. The van der Waals surface area contributed by atoms with Gasteiger partial charge in [-0.3, -0.25) is 9.59 Å². The zero-order valence-electron chi connectivity index (χ0n) is 14.3. The van der Waals surface area contributed by atoms with Crippen LogP contribution in [0.1, 0.15) is 18.4 Å². The van der Waals surface area contributed by atoms with Gasteiger partial charge in [0.2, 0.25) is 0 Å². The molecule has 0 bridgehead atoms. The number of halogens is 2. The summed E-state index contributed by atoms with van der Waals surface area (Å²) in [4.78, 5) is 58.9. The molecule has 0 saturated carbocycles. The first-order valence-corrected chi connectivity index (χ1v) is 7.93. The molecule has 0 saturated heterocycles. The molecule has 10 nitrogen and oxygen atoms in total. The van der Waals surface area contributed by atoms with Gasteiger partial charge in [-0.2, -0.15) is 0 Å². The first-order chi connectivity index (χ1) is 13.1. The lowest BCUT2D eigenvalue weighted by Crippen LogP contribution is -2.55. The molecule has 0 spiro atoms. The van der Waals surface area contributed by atoms with Crippen molar-refractivity contribution in [1.29, 1.82) is 0 Å². The number of aromatic nitrogens is 3. The molecule has 0 amide bonds. The van der Waals surface area contributed by atoms with E-state index in [1.54, 1.807) is 0 Å². The second-order valence-electron chi connectivity index (χ2n) is 5.76. The quantitative estimate of drug-likeness (QED) is 0.607. The zero-order chi connectivity index (χ0) is 21.0.